The largest absolute Gasteiger partial charge is 0.273 e. The van der Waals surface area contributed by atoms with E-state index in [-0.39, 0.29) is 29.1 Å². The van der Waals surface area contributed by atoms with Crippen molar-refractivity contribution in [2.75, 3.05) is 0 Å². The number of benzene rings is 2. The standard InChI is InChI=1S/C24H26N2O2/c27-22(25-26-23(28)21-18-13-7-8-14-19(18)21)20-15-24(20,16-9-3-1-4-10-16)17-11-5-2-6-12-17/h1-6,9-12,18-21H,7-8,13-15H2,(H,25,27)(H,26,28)/t18-,19-,20-/m0/s1. The Hall–Kier alpha value is -2.62. The minimum Gasteiger partial charge on any atom is -0.273 e. The summed E-state index contributed by atoms with van der Waals surface area (Å²) in [6.07, 6.45) is 5.54. The molecule has 0 radical (unpaired) electrons. The van der Waals surface area contributed by atoms with E-state index in [2.05, 4.69) is 35.1 Å². The van der Waals surface area contributed by atoms with Crippen LogP contribution in [0.3, 0.4) is 0 Å². The lowest BCUT2D eigenvalue weighted by atomic mass is 9.85. The molecule has 4 nitrogen and oxygen atoms in total. The minimum atomic E-state index is -0.301. The van der Waals surface area contributed by atoms with Gasteiger partial charge in [0.05, 0.1) is 5.92 Å². The molecule has 2 aromatic rings. The van der Waals surface area contributed by atoms with E-state index in [4.69, 9.17) is 0 Å². The van der Waals surface area contributed by atoms with E-state index in [1.165, 1.54) is 12.8 Å². The van der Waals surface area contributed by atoms with Crippen LogP contribution in [0.5, 0.6) is 0 Å². The van der Waals surface area contributed by atoms with Gasteiger partial charge in [0.1, 0.15) is 0 Å². The lowest BCUT2D eigenvalue weighted by molar-refractivity contribution is -0.130. The summed E-state index contributed by atoms with van der Waals surface area (Å²) in [5.41, 5.74) is 7.46. The van der Waals surface area contributed by atoms with E-state index in [0.29, 0.717) is 11.8 Å². The van der Waals surface area contributed by atoms with Crippen molar-refractivity contribution in [1.82, 2.24) is 10.9 Å². The van der Waals surface area contributed by atoms with Crippen molar-refractivity contribution in [2.45, 2.75) is 37.5 Å². The van der Waals surface area contributed by atoms with Gasteiger partial charge in [-0.2, -0.15) is 0 Å². The first-order valence-corrected chi connectivity index (χ1v) is 10.4. The zero-order valence-electron chi connectivity index (χ0n) is 15.9. The molecule has 144 valence electrons. The van der Waals surface area contributed by atoms with E-state index in [1.54, 1.807) is 0 Å². The van der Waals surface area contributed by atoms with Crippen LogP contribution in [-0.2, 0) is 15.0 Å². The highest BCUT2D eigenvalue weighted by Gasteiger charge is 2.60. The van der Waals surface area contributed by atoms with Gasteiger partial charge in [0.15, 0.2) is 0 Å². The van der Waals surface area contributed by atoms with Crippen molar-refractivity contribution in [3.63, 3.8) is 0 Å². The Kier molecular flexibility index (Phi) is 4.22. The van der Waals surface area contributed by atoms with Gasteiger partial charge in [-0.25, -0.2) is 0 Å². The van der Waals surface area contributed by atoms with Crippen molar-refractivity contribution in [3.05, 3.63) is 71.8 Å². The number of hydrazine groups is 1. The number of fused-ring (bicyclic) bond motifs is 1. The zero-order valence-corrected chi connectivity index (χ0v) is 15.9. The summed E-state index contributed by atoms with van der Waals surface area (Å²) in [6, 6.07) is 20.4. The Labute approximate surface area is 165 Å². The Balaban J connectivity index is 1.28. The maximum absolute atomic E-state index is 12.9. The molecular formula is C24H26N2O2. The highest BCUT2D eigenvalue weighted by molar-refractivity contribution is 5.89. The van der Waals surface area contributed by atoms with Crippen LogP contribution in [0.4, 0.5) is 0 Å². The topological polar surface area (TPSA) is 58.2 Å². The molecule has 3 fully saturated rings. The van der Waals surface area contributed by atoms with E-state index in [0.717, 1.165) is 30.4 Å². The molecule has 0 saturated heterocycles. The molecule has 0 aliphatic heterocycles. The molecule has 0 spiro atoms. The molecular weight excluding hydrogens is 348 g/mol. The lowest BCUT2D eigenvalue weighted by Crippen LogP contribution is -2.44. The van der Waals surface area contributed by atoms with E-state index in [9.17, 15) is 9.59 Å². The summed E-state index contributed by atoms with van der Waals surface area (Å²) in [5.74, 6) is 0.924. The number of carbonyl (C=O) groups is 2. The fraction of sp³-hybridized carbons (Fsp3) is 0.417. The zero-order chi connectivity index (χ0) is 19.1. The van der Waals surface area contributed by atoms with E-state index in [1.807, 2.05) is 36.4 Å². The number of amides is 2. The van der Waals surface area contributed by atoms with Crippen LogP contribution in [0.1, 0.15) is 43.2 Å². The first kappa shape index (κ1) is 17.5. The number of hydrogen-bond donors (Lipinski definition) is 2. The molecule has 5 rings (SSSR count). The monoisotopic (exact) mass is 374 g/mol. The van der Waals surface area contributed by atoms with Crippen LogP contribution in [0.25, 0.3) is 0 Å². The van der Waals surface area contributed by atoms with E-state index >= 15 is 0 Å². The number of hydrogen-bond acceptors (Lipinski definition) is 2. The highest BCUT2D eigenvalue weighted by Crippen LogP contribution is 2.59. The number of carbonyl (C=O) groups excluding carboxylic acids is 2. The van der Waals surface area contributed by atoms with Crippen LogP contribution in [0, 0.1) is 23.7 Å². The smallest absolute Gasteiger partial charge is 0.242 e. The molecule has 3 aliphatic carbocycles. The van der Waals surface area contributed by atoms with Crippen molar-refractivity contribution < 1.29 is 9.59 Å². The molecule has 2 amide bonds. The Morgan fingerprint density at radius 2 is 1.25 bits per heavy atom. The van der Waals surface area contributed by atoms with Crippen LogP contribution in [0.2, 0.25) is 0 Å². The molecule has 0 unspecified atom stereocenters. The molecule has 3 aliphatic rings. The molecule has 2 N–H and O–H groups in total. The van der Waals surface area contributed by atoms with Crippen LogP contribution < -0.4 is 10.9 Å². The van der Waals surface area contributed by atoms with Gasteiger partial charge in [-0.1, -0.05) is 73.5 Å². The maximum atomic E-state index is 12.9. The van der Waals surface area contributed by atoms with Gasteiger partial charge in [-0.05, 0) is 42.2 Å². The van der Waals surface area contributed by atoms with Gasteiger partial charge >= 0.3 is 0 Å². The Bertz CT molecular complexity index is 828. The third-order valence-electron chi connectivity index (χ3n) is 7.12. The summed E-state index contributed by atoms with van der Waals surface area (Å²) in [6.45, 7) is 0. The third-order valence-corrected chi connectivity index (χ3v) is 7.12. The van der Waals surface area contributed by atoms with Crippen LogP contribution in [0.15, 0.2) is 60.7 Å². The third kappa shape index (κ3) is 2.83. The molecule has 0 bridgehead atoms. The second-order valence-corrected chi connectivity index (χ2v) is 8.58. The second kappa shape index (κ2) is 6.77. The van der Waals surface area contributed by atoms with Gasteiger partial charge < -0.3 is 0 Å². The Morgan fingerprint density at radius 1 is 0.750 bits per heavy atom. The molecule has 0 aromatic heterocycles. The quantitative estimate of drug-likeness (QED) is 0.804. The molecule has 4 heteroatoms. The second-order valence-electron chi connectivity index (χ2n) is 8.58. The summed E-state index contributed by atoms with van der Waals surface area (Å²) in [4.78, 5) is 25.4. The van der Waals surface area contributed by atoms with Crippen LogP contribution >= 0.6 is 0 Å². The predicted octanol–water partition coefficient (Wildman–Crippen LogP) is 3.58. The first-order valence-electron chi connectivity index (χ1n) is 10.4. The highest BCUT2D eigenvalue weighted by atomic mass is 16.2. The van der Waals surface area contributed by atoms with Gasteiger partial charge in [-0.15, -0.1) is 0 Å². The normalized spacial score (nSPS) is 29.3. The molecule has 2 aromatic carbocycles. The van der Waals surface area contributed by atoms with Crippen molar-refractivity contribution >= 4 is 11.8 Å². The van der Waals surface area contributed by atoms with E-state index < -0.39 is 0 Å². The van der Waals surface area contributed by atoms with Gasteiger partial charge in [0, 0.05) is 11.3 Å². The predicted molar refractivity (Wildman–Crippen MR) is 107 cm³/mol. The SMILES string of the molecule is O=C(NNC(=O)[C@@H]1CC1(c1ccccc1)c1ccccc1)C1[C@H]2CCCC[C@H]12. The summed E-state index contributed by atoms with van der Waals surface area (Å²) < 4.78 is 0. The van der Waals surface area contributed by atoms with Crippen LogP contribution in [-0.4, -0.2) is 11.8 Å². The van der Waals surface area contributed by atoms with Gasteiger partial charge in [0.25, 0.3) is 0 Å². The molecule has 3 atom stereocenters. The van der Waals surface area contributed by atoms with Gasteiger partial charge in [-0.3, -0.25) is 20.4 Å². The average Bonchev–Trinajstić information content (AvgIpc) is 3.66. The average molecular weight is 374 g/mol. The number of nitrogens with one attached hydrogen (secondary N) is 2. The fourth-order valence-electron chi connectivity index (χ4n) is 5.53. The van der Waals surface area contributed by atoms with Crippen molar-refractivity contribution in [2.24, 2.45) is 23.7 Å². The summed E-state index contributed by atoms with van der Waals surface area (Å²) in [5, 5.41) is 0. The summed E-state index contributed by atoms with van der Waals surface area (Å²) >= 11 is 0. The van der Waals surface area contributed by atoms with Crippen molar-refractivity contribution in [3.8, 4) is 0 Å². The molecule has 0 heterocycles. The fourth-order valence-corrected chi connectivity index (χ4v) is 5.53. The molecule has 28 heavy (non-hydrogen) atoms. The first-order chi connectivity index (χ1) is 13.7. The Morgan fingerprint density at radius 3 is 1.79 bits per heavy atom. The molecule has 3 saturated carbocycles. The number of rotatable bonds is 4. The minimum absolute atomic E-state index is 0.00378. The van der Waals surface area contributed by atoms with Crippen molar-refractivity contribution in [1.29, 1.82) is 0 Å². The van der Waals surface area contributed by atoms with Gasteiger partial charge in [0.2, 0.25) is 11.8 Å². The maximum Gasteiger partial charge on any atom is 0.242 e. The lowest BCUT2D eigenvalue weighted by Gasteiger charge is -2.19. The summed E-state index contributed by atoms with van der Waals surface area (Å²) in [7, 11) is 0.